The van der Waals surface area contributed by atoms with Gasteiger partial charge in [0.25, 0.3) is 11.8 Å². The first kappa shape index (κ1) is 23.7. The number of fused-ring (bicyclic) bond motifs is 1. The summed E-state index contributed by atoms with van der Waals surface area (Å²) in [5.74, 6) is -1.10. The molecular weight excluding hydrogens is 474 g/mol. The maximum atomic E-state index is 13.1. The van der Waals surface area contributed by atoms with Crippen molar-refractivity contribution in [3.63, 3.8) is 0 Å². The van der Waals surface area contributed by atoms with Crippen molar-refractivity contribution in [1.29, 1.82) is 0 Å². The van der Waals surface area contributed by atoms with Crippen LogP contribution >= 0.6 is 15.9 Å². The van der Waals surface area contributed by atoms with Crippen molar-refractivity contribution in [1.82, 2.24) is 15.1 Å². The highest BCUT2D eigenvalue weighted by atomic mass is 79.9. The second-order valence-corrected chi connectivity index (χ2v) is 8.55. The molecule has 2 aromatic carbocycles. The van der Waals surface area contributed by atoms with E-state index in [4.69, 9.17) is 0 Å². The minimum Gasteiger partial charge on any atom is -0.355 e. The lowest BCUT2D eigenvalue weighted by Gasteiger charge is -2.29. The van der Waals surface area contributed by atoms with E-state index >= 15 is 0 Å². The van der Waals surface area contributed by atoms with Crippen molar-refractivity contribution >= 4 is 39.6 Å². The fraction of sp³-hybridized carbons (Fsp3) is 0.333. The Morgan fingerprint density at radius 3 is 2.31 bits per heavy atom. The van der Waals surface area contributed by atoms with Crippen molar-refractivity contribution in [2.45, 2.75) is 39.3 Å². The molecule has 0 fully saturated rings. The van der Waals surface area contributed by atoms with E-state index in [1.165, 1.54) is 9.80 Å². The minimum atomic E-state index is -0.652. The number of amides is 4. The first-order chi connectivity index (χ1) is 15.3. The van der Waals surface area contributed by atoms with E-state index < -0.39 is 6.04 Å². The van der Waals surface area contributed by atoms with Crippen molar-refractivity contribution in [2.75, 3.05) is 13.1 Å². The van der Waals surface area contributed by atoms with Crippen LogP contribution in [0.2, 0.25) is 0 Å². The Bertz CT molecular complexity index is 1000. The zero-order chi connectivity index (χ0) is 23.3. The van der Waals surface area contributed by atoms with Crippen LogP contribution in [0.5, 0.6) is 0 Å². The Morgan fingerprint density at radius 1 is 1.06 bits per heavy atom. The number of benzene rings is 2. The predicted molar refractivity (Wildman–Crippen MR) is 124 cm³/mol. The average molecular weight is 500 g/mol. The zero-order valence-corrected chi connectivity index (χ0v) is 19.7. The number of rotatable bonds is 9. The Hall–Kier alpha value is -3.00. The molecule has 168 valence electrons. The molecule has 1 atom stereocenters. The molecule has 0 unspecified atom stereocenters. The number of imide groups is 1. The van der Waals surface area contributed by atoms with Crippen LogP contribution < -0.4 is 5.32 Å². The summed E-state index contributed by atoms with van der Waals surface area (Å²) in [5, 5.41) is 2.76. The fourth-order valence-electron chi connectivity index (χ4n) is 3.71. The summed E-state index contributed by atoms with van der Waals surface area (Å²) in [6, 6.07) is 13.6. The Morgan fingerprint density at radius 2 is 1.72 bits per heavy atom. The van der Waals surface area contributed by atoms with Gasteiger partial charge < -0.3 is 10.2 Å². The fourth-order valence-corrected chi connectivity index (χ4v) is 4.16. The highest BCUT2D eigenvalue weighted by Gasteiger charge is 2.35. The quantitative estimate of drug-likeness (QED) is 0.535. The molecule has 4 amide bonds. The third-order valence-corrected chi connectivity index (χ3v) is 5.90. The number of nitrogens with one attached hydrogen (secondary N) is 1. The second-order valence-electron chi connectivity index (χ2n) is 7.63. The van der Waals surface area contributed by atoms with Gasteiger partial charge in [0.2, 0.25) is 11.8 Å². The van der Waals surface area contributed by atoms with Crippen LogP contribution in [0.15, 0.2) is 53.0 Å². The van der Waals surface area contributed by atoms with E-state index in [2.05, 4.69) is 21.2 Å². The number of hydrogen-bond acceptors (Lipinski definition) is 4. The van der Waals surface area contributed by atoms with Gasteiger partial charge in [-0.15, -0.1) is 0 Å². The van der Waals surface area contributed by atoms with Gasteiger partial charge in [0.05, 0.1) is 11.1 Å². The van der Waals surface area contributed by atoms with Gasteiger partial charge >= 0.3 is 0 Å². The van der Waals surface area contributed by atoms with Crippen LogP contribution in [-0.2, 0) is 16.1 Å². The van der Waals surface area contributed by atoms with Gasteiger partial charge in [0.1, 0.15) is 6.04 Å². The molecule has 1 aliphatic heterocycles. The molecule has 3 rings (SSSR count). The van der Waals surface area contributed by atoms with Crippen molar-refractivity contribution in [2.24, 2.45) is 0 Å². The lowest BCUT2D eigenvalue weighted by Crippen LogP contribution is -2.47. The normalized spacial score (nSPS) is 13.7. The molecular formula is C24H26BrN3O4. The third kappa shape index (κ3) is 5.24. The summed E-state index contributed by atoms with van der Waals surface area (Å²) >= 11 is 3.43. The topological polar surface area (TPSA) is 86.8 Å². The molecule has 8 heteroatoms. The van der Waals surface area contributed by atoms with Crippen LogP contribution in [0.25, 0.3) is 0 Å². The van der Waals surface area contributed by atoms with Crippen LogP contribution in [0, 0.1) is 0 Å². The molecule has 1 aliphatic rings. The summed E-state index contributed by atoms with van der Waals surface area (Å²) < 4.78 is 0.888. The Balaban J connectivity index is 1.66. The summed E-state index contributed by atoms with van der Waals surface area (Å²) in [5.41, 5.74) is 1.68. The van der Waals surface area contributed by atoms with E-state index in [1.807, 2.05) is 31.2 Å². The lowest BCUT2D eigenvalue weighted by atomic mass is 10.1. The smallest absolute Gasteiger partial charge is 0.261 e. The number of carbonyl (C=O) groups is 4. The average Bonchev–Trinajstić information content (AvgIpc) is 3.02. The van der Waals surface area contributed by atoms with Crippen LogP contribution in [-0.4, -0.2) is 52.6 Å². The number of likely N-dealkylation sites (N-methyl/N-ethyl adjacent to an activating group) is 1. The largest absolute Gasteiger partial charge is 0.355 e. The molecule has 1 heterocycles. The van der Waals surface area contributed by atoms with E-state index in [0.717, 1.165) is 10.0 Å². The molecule has 0 bridgehead atoms. The summed E-state index contributed by atoms with van der Waals surface area (Å²) in [7, 11) is 0. The number of halogens is 1. The van der Waals surface area contributed by atoms with Gasteiger partial charge in [0.15, 0.2) is 0 Å². The SMILES string of the molecule is CCNC(=O)[C@H](C)N(Cc1cccc(Br)c1)C(=O)CCCN1C(=O)c2ccccc2C1=O. The van der Waals surface area contributed by atoms with Crippen LogP contribution in [0.1, 0.15) is 53.0 Å². The van der Waals surface area contributed by atoms with Gasteiger partial charge in [0, 0.05) is 30.5 Å². The number of carbonyl (C=O) groups excluding carboxylic acids is 4. The minimum absolute atomic E-state index is 0.116. The molecule has 0 aliphatic carbocycles. The number of hydrogen-bond donors (Lipinski definition) is 1. The van der Waals surface area contributed by atoms with E-state index in [1.54, 1.807) is 31.2 Å². The van der Waals surface area contributed by atoms with Crippen LogP contribution in [0.4, 0.5) is 0 Å². The number of nitrogens with zero attached hydrogens (tertiary/aromatic N) is 2. The second kappa shape index (κ2) is 10.5. The third-order valence-electron chi connectivity index (χ3n) is 5.41. The lowest BCUT2D eigenvalue weighted by molar-refractivity contribution is -0.140. The Kier molecular flexibility index (Phi) is 7.80. The zero-order valence-electron chi connectivity index (χ0n) is 18.1. The van der Waals surface area contributed by atoms with Crippen molar-refractivity contribution in [3.05, 3.63) is 69.7 Å². The van der Waals surface area contributed by atoms with Crippen molar-refractivity contribution in [3.8, 4) is 0 Å². The van der Waals surface area contributed by atoms with Gasteiger partial charge in [-0.05, 0) is 50.1 Å². The summed E-state index contributed by atoms with van der Waals surface area (Å²) in [6.07, 6.45) is 0.437. The molecule has 32 heavy (non-hydrogen) atoms. The molecule has 0 saturated heterocycles. The predicted octanol–water partition coefficient (Wildman–Crippen LogP) is 3.38. The molecule has 0 radical (unpaired) electrons. The highest BCUT2D eigenvalue weighted by Crippen LogP contribution is 2.23. The molecule has 0 saturated carbocycles. The maximum Gasteiger partial charge on any atom is 0.261 e. The first-order valence-corrected chi connectivity index (χ1v) is 11.4. The monoisotopic (exact) mass is 499 g/mol. The molecule has 7 nitrogen and oxygen atoms in total. The molecule has 2 aromatic rings. The molecule has 1 N–H and O–H groups in total. The van der Waals surface area contributed by atoms with Crippen LogP contribution in [0.3, 0.4) is 0 Å². The highest BCUT2D eigenvalue weighted by molar-refractivity contribution is 9.10. The summed E-state index contributed by atoms with van der Waals surface area (Å²) in [4.78, 5) is 53.3. The first-order valence-electron chi connectivity index (χ1n) is 10.6. The summed E-state index contributed by atoms with van der Waals surface area (Å²) in [6.45, 7) is 4.43. The van der Waals surface area contributed by atoms with E-state index in [-0.39, 0.29) is 43.1 Å². The van der Waals surface area contributed by atoms with Gasteiger partial charge in [-0.3, -0.25) is 24.1 Å². The van der Waals surface area contributed by atoms with E-state index in [0.29, 0.717) is 24.1 Å². The standard InChI is InChI=1S/C24H26BrN3O4/c1-3-26-22(30)16(2)28(15-17-8-6-9-18(25)14-17)21(29)12-7-13-27-23(31)19-10-4-5-11-20(19)24(27)32/h4-6,8-11,14,16H,3,7,12-13,15H2,1-2H3,(H,26,30)/t16-/m0/s1. The van der Waals surface area contributed by atoms with Gasteiger partial charge in [-0.25, -0.2) is 0 Å². The molecule has 0 spiro atoms. The molecule has 0 aromatic heterocycles. The Labute approximate surface area is 195 Å². The van der Waals surface area contributed by atoms with Crippen molar-refractivity contribution < 1.29 is 19.2 Å². The maximum absolute atomic E-state index is 13.1. The van der Waals surface area contributed by atoms with Gasteiger partial charge in [-0.1, -0.05) is 40.2 Å². The van der Waals surface area contributed by atoms with E-state index in [9.17, 15) is 19.2 Å². The van der Waals surface area contributed by atoms with Gasteiger partial charge in [-0.2, -0.15) is 0 Å².